The lowest BCUT2D eigenvalue weighted by atomic mass is 9.48. The van der Waals surface area contributed by atoms with E-state index in [0.29, 0.717) is 163 Å². The number of rotatable bonds is 56. The molecule has 0 radical (unpaired) electrons. The van der Waals surface area contributed by atoms with Gasteiger partial charge in [0.1, 0.15) is 39.9 Å². The van der Waals surface area contributed by atoms with E-state index in [2.05, 4.69) is 44.3 Å². The number of benzene rings is 4. The second kappa shape index (κ2) is 50.7. The van der Waals surface area contributed by atoms with Gasteiger partial charge in [-0.1, -0.05) is 71.9 Å². The largest absolute Gasteiger partial charge is 0.496 e. The number of likely N-dealkylation sites (tertiary alicyclic amines) is 1. The van der Waals surface area contributed by atoms with E-state index < -0.39 is 34.8 Å². The number of unbranched alkanes of at least 4 members (excludes halogenated alkanes) is 5. The summed E-state index contributed by atoms with van der Waals surface area (Å²) in [6, 6.07) is 25.3. The number of carbonyl (C=O) groups is 13. The highest BCUT2D eigenvalue weighted by molar-refractivity contribution is 6.13. The number of nitrogens with two attached hydrogens (primary N) is 2. The molecule has 2 unspecified atom stereocenters. The number of ether oxygens (including phenoxy) is 4. The zero-order valence-corrected chi connectivity index (χ0v) is 88.6. The summed E-state index contributed by atoms with van der Waals surface area (Å²) in [7, 11) is 18.0. The van der Waals surface area contributed by atoms with Crippen LogP contribution in [0.15, 0.2) is 97.1 Å². The van der Waals surface area contributed by atoms with Crippen molar-refractivity contribution < 1.29 is 91.5 Å². The SMILES string of the molecule is COc1cccc(OC)c1-c1cc(C(=O)NC2(C(=O)O)C3CC4CC(C3)CC2C4)nn1-c1ccc(C(=O)N(C)CCCN(C)CCCN(C)CC(CCCCCC(=O)CCN2C(=O)C=CC2=O)C(N)=O)cc1C(C)C.COc1cccc(OC)c1-c1cc(C(=O)NC2(C(=O)O)C3CC4CC(C3)CC2C4)nn1-c1ccc(C(=O)N(C)CCCN(C)CCCN(C)CC(CCCCCCN2C(=O)CCC2=O)C(N)=O)cc1C(C)C. The summed E-state index contributed by atoms with van der Waals surface area (Å²) in [5, 5.41) is 37.7. The highest BCUT2D eigenvalue weighted by atomic mass is 16.5. The van der Waals surface area contributed by atoms with Crippen LogP contribution in [-0.2, 0) is 43.2 Å². The summed E-state index contributed by atoms with van der Waals surface area (Å²) < 4.78 is 26.7. The molecule has 35 heteroatoms. The summed E-state index contributed by atoms with van der Waals surface area (Å²) in [5.41, 5.74) is 15.1. The van der Waals surface area contributed by atoms with Gasteiger partial charge in [-0.3, -0.25) is 62.5 Å². The Hall–Kier alpha value is -12.2. The number of carbonyl (C=O) groups excluding carboxylic acids is 11. The molecular formula is C112H156N16O19. The number of imide groups is 2. The molecule has 2 aromatic heterocycles. The minimum atomic E-state index is -1.36. The van der Waals surface area contributed by atoms with Crippen molar-refractivity contribution in [1.82, 2.24) is 69.4 Å². The number of aliphatic carboxylic acids is 2. The topological polar surface area (TPSA) is 437 Å². The van der Waals surface area contributed by atoms with Crippen LogP contribution in [0.25, 0.3) is 33.9 Å². The Morgan fingerprint density at radius 2 is 0.769 bits per heavy atom. The van der Waals surface area contributed by atoms with E-state index >= 15 is 0 Å². The van der Waals surface area contributed by atoms with Crippen molar-refractivity contribution >= 4 is 76.8 Å². The van der Waals surface area contributed by atoms with E-state index in [9.17, 15) is 72.5 Å². The first-order valence-electron chi connectivity index (χ1n) is 53.0. The molecule has 10 amide bonds. The maximum atomic E-state index is 14.5. The molecule has 8 saturated carbocycles. The van der Waals surface area contributed by atoms with Crippen molar-refractivity contribution in [3.63, 3.8) is 0 Å². The Kier molecular flexibility index (Phi) is 38.6. The van der Waals surface area contributed by atoms with Crippen molar-refractivity contribution in [2.24, 2.45) is 70.6 Å². The normalized spacial score (nSPS) is 21.4. The van der Waals surface area contributed by atoms with E-state index in [1.54, 1.807) is 91.0 Å². The van der Waals surface area contributed by atoms with E-state index in [0.717, 1.165) is 184 Å². The summed E-state index contributed by atoms with van der Waals surface area (Å²) >= 11 is 0. The van der Waals surface area contributed by atoms with Crippen molar-refractivity contribution in [2.45, 2.75) is 224 Å². The zero-order chi connectivity index (χ0) is 106. The number of carboxylic acids is 2. The van der Waals surface area contributed by atoms with Gasteiger partial charge in [-0.25, -0.2) is 19.0 Å². The number of ketones is 1. The van der Waals surface area contributed by atoms with Gasteiger partial charge in [0.15, 0.2) is 11.4 Å². The highest BCUT2D eigenvalue weighted by Gasteiger charge is 2.64. The zero-order valence-electron chi connectivity index (χ0n) is 88.6. The smallest absolute Gasteiger partial charge is 0.330 e. The average molecular weight is 2030 g/mol. The number of nitrogens with zero attached hydrogens (tertiary/aromatic N) is 12. The fourth-order valence-electron chi connectivity index (χ4n) is 24.8. The Bertz CT molecular complexity index is 5630. The standard InChI is InChI=1S/C57H78N8O10.C55H78N8O9/c1-36(2)44-33-39(55(71)63(5)26-13-24-61(3)23-12-25-62(4)35-40(53(58)69)14-9-8-10-15-43(66)22-27-64-50(67)20-21-51(64)68)18-19-46(44)65-47(52-48(74-6)16-11-17-49(52)75-7)34-45(60-65)54(70)59-57(56(72)73)41-29-37-28-38(31-41)32-42(57)30-37;1-35(2)42-32-38(53(68)61(5)25-14-23-59(3)22-13-24-60(4)34-39(51(56)66)15-10-8-9-11-26-62-48(64)20-21-49(62)65)18-19-44(42)63-45(50-46(71-6)16-12-17-47(50)72-7)33-43(58-63)52(67)57-55(54(69)70)40-28-36-27-37(30-40)31-41(55)29-36/h11,16-21,33-34,36-38,40-42H,8-10,12-15,22-32,35H2,1-7H3,(H2,58,69)(H,59,70)(H,72,73);12,16-19,32-33,35-37,39-41H,8-11,13-15,20-31,34H2,1-7H3,(H2,56,66)(H,57,67)(H,69,70). The lowest BCUT2D eigenvalue weighted by Crippen LogP contribution is -2.70. The van der Waals surface area contributed by atoms with Gasteiger partial charge in [0, 0.05) is 102 Å². The number of hydrogen-bond acceptors (Lipinski definition) is 23. The van der Waals surface area contributed by atoms with Crippen LogP contribution in [0, 0.1) is 59.2 Å². The summed E-state index contributed by atoms with van der Waals surface area (Å²) in [4.78, 5) is 182. The number of aromatic nitrogens is 4. The fraction of sp³-hybridized carbons (Fsp3) is 0.598. The lowest BCUT2D eigenvalue weighted by Gasteiger charge is -2.59. The Balaban J connectivity index is 0.000000246. The molecule has 6 aromatic rings. The second-order valence-electron chi connectivity index (χ2n) is 43.3. The first-order chi connectivity index (χ1) is 70.3. The van der Waals surface area contributed by atoms with Gasteiger partial charge >= 0.3 is 11.9 Å². The highest BCUT2D eigenvalue weighted by Crippen LogP contribution is 2.60. The summed E-state index contributed by atoms with van der Waals surface area (Å²) in [6.45, 7) is 15.8. The van der Waals surface area contributed by atoms with E-state index in [1.165, 1.54) is 17.1 Å². The minimum Gasteiger partial charge on any atom is -0.496 e. The molecule has 35 nitrogen and oxygen atoms in total. The maximum Gasteiger partial charge on any atom is 0.330 e. The van der Waals surface area contributed by atoms with Crippen LogP contribution in [0.4, 0.5) is 0 Å². The predicted octanol–water partition coefficient (Wildman–Crippen LogP) is 12.9. The minimum absolute atomic E-state index is 0.00292. The molecule has 1 saturated heterocycles. The van der Waals surface area contributed by atoms with Gasteiger partial charge in [0.05, 0.1) is 74.2 Å². The van der Waals surface area contributed by atoms with Gasteiger partial charge in [-0.15, -0.1) is 0 Å². The first kappa shape index (κ1) is 112. The molecule has 8 bridgehead atoms. The summed E-state index contributed by atoms with van der Waals surface area (Å²) in [5.74, 6) is -2.06. The molecule has 4 heterocycles. The Labute approximate surface area is 864 Å². The van der Waals surface area contributed by atoms with Crippen LogP contribution in [-0.4, -0.2) is 306 Å². The summed E-state index contributed by atoms with van der Waals surface area (Å²) in [6.07, 6.45) is 22.6. The molecule has 9 fully saturated rings. The lowest BCUT2D eigenvalue weighted by molar-refractivity contribution is -0.164. The number of primary amides is 2. The predicted molar refractivity (Wildman–Crippen MR) is 557 cm³/mol. The number of Topliss-reactive ketones (excluding diaryl/α,β-unsaturated/α-hetero) is 1. The number of methoxy groups -OCH3 is 4. The van der Waals surface area contributed by atoms with Gasteiger partial charge in [-0.05, 0) is 326 Å². The first-order valence-corrected chi connectivity index (χ1v) is 53.0. The van der Waals surface area contributed by atoms with Crippen molar-refractivity contribution in [2.75, 3.05) is 149 Å². The van der Waals surface area contributed by atoms with Gasteiger partial charge in [0.25, 0.3) is 35.4 Å². The molecule has 8 N–H and O–H groups in total. The quantitative estimate of drug-likeness (QED) is 0.0153. The van der Waals surface area contributed by atoms with E-state index in [4.69, 9.17) is 40.6 Å². The molecule has 2 atom stereocenters. The number of carboxylic acid groups (broad SMARTS) is 2. The average Bonchev–Trinajstić information content (AvgIpc) is 1.48. The molecule has 8 aliphatic carbocycles. The third-order valence-corrected chi connectivity index (χ3v) is 32.4. The van der Waals surface area contributed by atoms with Gasteiger partial charge in [0.2, 0.25) is 23.6 Å². The van der Waals surface area contributed by atoms with Gasteiger partial charge < -0.3 is 80.7 Å². The van der Waals surface area contributed by atoms with Crippen molar-refractivity contribution in [3.05, 3.63) is 131 Å². The molecule has 2 aliphatic heterocycles. The van der Waals surface area contributed by atoms with Crippen LogP contribution in [0.2, 0.25) is 0 Å². The molecule has 16 rings (SSSR count). The molecule has 0 spiro atoms. The number of amides is 10. The molecule has 10 aliphatic rings. The van der Waals surface area contributed by atoms with Crippen LogP contribution in [0.1, 0.15) is 266 Å². The van der Waals surface area contributed by atoms with E-state index in [-0.39, 0.29) is 125 Å². The fourth-order valence-corrected chi connectivity index (χ4v) is 24.8. The monoisotopic (exact) mass is 2030 g/mol. The Morgan fingerprint density at radius 3 is 1.12 bits per heavy atom. The molecule has 798 valence electrons. The van der Waals surface area contributed by atoms with Crippen LogP contribution in [0.5, 0.6) is 23.0 Å². The van der Waals surface area contributed by atoms with Gasteiger partial charge in [-0.2, -0.15) is 10.2 Å². The van der Waals surface area contributed by atoms with Crippen molar-refractivity contribution in [1.29, 1.82) is 0 Å². The second-order valence-corrected chi connectivity index (χ2v) is 43.3. The molecule has 4 aromatic carbocycles. The third-order valence-electron chi connectivity index (χ3n) is 32.4. The number of nitrogens with one attached hydrogen (secondary N) is 2. The van der Waals surface area contributed by atoms with E-state index in [1.807, 2.05) is 97.4 Å². The van der Waals surface area contributed by atoms with Crippen LogP contribution >= 0.6 is 0 Å². The molecule has 147 heavy (non-hydrogen) atoms. The van der Waals surface area contributed by atoms with Crippen LogP contribution in [0.3, 0.4) is 0 Å². The van der Waals surface area contributed by atoms with Crippen LogP contribution < -0.4 is 41.0 Å². The third kappa shape index (κ3) is 26.6. The Morgan fingerprint density at radius 1 is 0.422 bits per heavy atom. The maximum absolute atomic E-state index is 14.5. The number of hydrogen-bond donors (Lipinski definition) is 6. The van der Waals surface area contributed by atoms with Crippen molar-refractivity contribution in [3.8, 4) is 56.9 Å². The molecular weight excluding hydrogens is 1870 g/mol.